The van der Waals surface area contributed by atoms with Crippen LogP contribution in [0.3, 0.4) is 0 Å². The Bertz CT molecular complexity index is 199. The number of hydrogen-bond donors (Lipinski definition) is 1. The standard InChI is InChI=1S/C13H23N/c1-5-7-8-13(10-12(3)4)11-14-9-6-2/h5,7-8,10,12,14H,1,6,9,11H2,2-4H3/b8-7-,13-10+. The summed E-state index contributed by atoms with van der Waals surface area (Å²) in [6.45, 7) is 12.3. The van der Waals surface area contributed by atoms with Gasteiger partial charge in [0.25, 0.3) is 0 Å². The van der Waals surface area contributed by atoms with E-state index in [9.17, 15) is 0 Å². The molecule has 0 unspecified atom stereocenters. The van der Waals surface area contributed by atoms with Crippen LogP contribution in [0.1, 0.15) is 27.2 Å². The number of hydrogen-bond acceptors (Lipinski definition) is 1. The zero-order valence-corrected chi connectivity index (χ0v) is 9.72. The van der Waals surface area contributed by atoms with Crippen LogP contribution in [-0.4, -0.2) is 13.1 Å². The first-order chi connectivity index (χ1) is 6.70. The van der Waals surface area contributed by atoms with Crippen molar-refractivity contribution in [2.45, 2.75) is 27.2 Å². The molecule has 0 fully saturated rings. The van der Waals surface area contributed by atoms with Gasteiger partial charge in [0.2, 0.25) is 0 Å². The molecule has 80 valence electrons. The molecule has 0 heterocycles. The van der Waals surface area contributed by atoms with Gasteiger partial charge in [-0.3, -0.25) is 0 Å². The van der Waals surface area contributed by atoms with Gasteiger partial charge in [0.15, 0.2) is 0 Å². The van der Waals surface area contributed by atoms with E-state index >= 15 is 0 Å². The van der Waals surface area contributed by atoms with Crippen molar-refractivity contribution in [1.82, 2.24) is 5.32 Å². The highest BCUT2D eigenvalue weighted by molar-refractivity contribution is 5.23. The summed E-state index contributed by atoms with van der Waals surface area (Å²) in [4.78, 5) is 0. The highest BCUT2D eigenvalue weighted by Crippen LogP contribution is 2.03. The molecule has 0 saturated heterocycles. The molecule has 0 saturated carbocycles. The Labute approximate surface area is 88.6 Å². The first-order valence-electron chi connectivity index (χ1n) is 5.41. The molecule has 0 aromatic carbocycles. The lowest BCUT2D eigenvalue weighted by Gasteiger charge is -2.05. The average Bonchev–Trinajstić information content (AvgIpc) is 2.13. The third-order valence-corrected chi connectivity index (χ3v) is 1.75. The van der Waals surface area contributed by atoms with Crippen LogP contribution in [0, 0.1) is 5.92 Å². The van der Waals surface area contributed by atoms with E-state index in [1.165, 1.54) is 12.0 Å². The van der Waals surface area contributed by atoms with Gasteiger partial charge >= 0.3 is 0 Å². The average molecular weight is 193 g/mol. The summed E-state index contributed by atoms with van der Waals surface area (Å²) in [5.41, 5.74) is 1.34. The molecule has 0 aliphatic heterocycles. The fourth-order valence-electron chi connectivity index (χ4n) is 1.20. The van der Waals surface area contributed by atoms with Gasteiger partial charge in [0.05, 0.1) is 0 Å². The van der Waals surface area contributed by atoms with Crippen LogP contribution in [-0.2, 0) is 0 Å². The van der Waals surface area contributed by atoms with Crippen molar-refractivity contribution in [2.75, 3.05) is 13.1 Å². The Morgan fingerprint density at radius 3 is 2.64 bits per heavy atom. The first-order valence-corrected chi connectivity index (χ1v) is 5.41. The van der Waals surface area contributed by atoms with E-state index in [-0.39, 0.29) is 0 Å². The quantitative estimate of drug-likeness (QED) is 0.483. The summed E-state index contributed by atoms with van der Waals surface area (Å²) < 4.78 is 0. The van der Waals surface area contributed by atoms with Crippen molar-refractivity contribution in [3.63, 3.8) is 0 Å². The molecule has 0 radical (unpaired) electrons. The lowest BCUT2D eigenvalue weighted by Crippen LogP contribution is -2.17. The van der Waals surface area contributed by atoms with Gasteiger partial charge in [-0.2, -0.15) is 0 Å². The zero-order chi connectivity index (χ0) is 10.8. The maximum Gasteiger partial charge on any atom is 0.0202 e. The third kappa shape index (κ3) is 7.81. The van der Waals surface area contributed by atoms with E-state index in [1.807, 2.05) is 12.2 Å². The van der Waals surface area contributed by atoms with Gasteiger partial charge in [-0.15, -0.1) is 0 Å². The van der Waals surface area contributed by atoms with Gasteiger partial charge < -0.3 is 5.32 Å². The summed E-state index contributed by atoms with van der Waals surface area (Å²) in [5.74, 6) is 0.600. The number of rotatable bonds is 7. The normalized spacial score (nSPS) is 12.7. The highest BCUT2D eigenvalue weighted by Gasteiger charge is 1.93. The molecule has 1 nitrogen and oxygen atoms in total. The van der Waals surface area contributed by atoms with Crippen LogP contribution in [0.4, 0.5) is 0 Å². The fraction of sp³-hybridized carbons (Fsp3) is 0.538. The van der Waals surface area contributed by atoms with E-state index in [0.717, 1.165) is 13.1 Å². The SMILES string of the molecule is C=C/C=C\C(=C/C(C)C)CNCCC. The molecule has 1 heteroatoms. The van der Waals surface area contributed by atoms with Gasteiger partial charge in [-0.1, -0.05) is 51.7 Å². The van der Waals surface area contributed by atoms with Crippen LogP contribution in [0.25, 0.3) is 0 Å². The predicted octanol–water partition coefficient (Wildman–Crippen LogP) is 3.31. The first kappa shape index (κ1) is 13.2. The minimum atomic E-state index is 0.600. The monoisotopic (exact) mass is 193 g/mol. The third-order valence-electron chi connectivity index (χ3n) is 1.75. The van der Waals surface area contributed by atoms with Crippen molar-refractivity contribution in [2.24, 2.45) is 5.92 Å². The molecule has 0 amide bonds. The van der Waals surface area contributed by atoms with E-state index in [1.54, 1.807) is 0 Å². The number of nitrogens with one attached hydrogen (secondary N) is 1. The molecule has 0 atom stereocenters. The van der Waals surface area contributed by atoms with Crippen molar-refractivity contribution < 1.29 is 0 Å². The zero-order valence-electron chi connectivity index (χ0n) is 9.72. The lowest BCUT2D eigenvalue weighted by molar-refractivity contribution is 0.712. The number of allylic oxidation sites excluding steroid dienone is 3. The molecule has 0 aliphatic rings. The van der Waals surface area contributed by atoms with Crippen LogP contribution in [0.15, 0.2) is 36.5 Å². The molecular weight excluding hydrogens is 170 g/mol. The largest absolute Gasteiger partial charge is 0.313 e. The van der Waals surface area contributed by atoms with Crippen molar-refractivity contribution >= 4 is 0 Å². The van der Waals surface area contributed by atoms with Gasteiger partial charge in [0.1, 0.15) is 0 Å². The van der Waals surface area contributed by atoms with Crippen LogP contribution >= 0.6 is 0 Å². The molecule has 0 aliphatic carbocycles. The molecule has 0 spiro atoms. The molecule has 14 heavy (non-hydrogen) atoms. The molecular formula is C13H23N. The Morgan fingerprint density at radius 2 is 2.14 bits per heavy atom. The summed E-state index contributed by atoms with van der Waals surface area (Å²) in [6, 6.07) is 0. The second-order valence-corrected chi connectivity index (χ2v) is 3.76. The van der Waals surface area contributed by atoms with Gasteiger partial charge in [-0.05, 0) is 24.5 Å². The minimum absolute atomic E-state index is 0.600. The lowest BCUT2D eigenvalue weighted by atomic mass is 10.1. The van der Waals surface area contributed by atoms with E-state index in [0.29, 0.717) is 5.92 Å². The maximum atomic E-state index is 3.67. The Balaban J connectivity index is 4.11. The fourth-order valence-corrected chi connectivity index (χ4v) is 1.20. The topological polar surface area (TPSA) is 12.0 Å². The van der Waals surface area contributed by atoms with Crippen molar-refractivity contribution in [1.29, 1.82) is 0 Å². The van der Waals surface area contributed by atoms with Crippen molar-refractivity contribution in [3.05, 3.63) is 36.5 Å². The van der Waals surface area contributed by atoms with E-state index in [2.05, 4.69) is 44.8 Å². The highest BCUT2D eigenvalue weighted by atomic mass is 14.8. The van der Waals surface area contributed by atoms with Gasteiger partial charge in [-0.25, -0.2) is 0 Å². The summed E-state index contributed by atoms with van der Waals surface area (Å²) in [5, 5.41) is 3.40. The molecule has 0 rings (SSSR count). The summed E-state index contributed by atoms with van der Waals surface area (Å²) in [7, 11) is 0. The predicted molar refractivity (Wildman–Crippen MR) is 65.4 cm³/mol. The van der Waals surface area contributed by atoms with Crippen LogP contribution in [0.5, 0.6) is 0 Å². The maximum absolute atomic E-state index is 3.67. The summed E-state index contributed by atoms with van der Waals surface area (Å²) in [6.07, 6.45) is 9.38. The molecule has 1 N–H and O–H groups in total. The Morgan fingerprint density at radius 1 is 1.43 bits per heavy atom. The van der Waals surface area contributed by atoms with E-state index < -0.39 is 0 Å². The smallest absolute Gasteiger partial charge is 0.0202 e. The molecule has 0 bridgehead atoms. The van der Waals surface area contributed by atoms with E-state index in [4.69, 9.17) is 0 Å². The molecule has 0 aromatic heterocycles. The Kier molecular flexibility index (Phi) is 8.25. The van der Waals surface area contributed by atoms with Crippen LogP contribution < -0.4 is 5.32 Å². The minimum Gasteiger partial charge on any atom is -0.313 e. The van der Waals surface area contributed by atoms with Crippen molar-refractivity contribution in [3.8, 4) is 0 Å². The second-order valence-electron chi connectivity index (χ2n) is 3.76. The van der Waals surface area contributed by atoms with Crippen LogP contribution in [0.2, 0.25) is 0 Å². The Hall–Kier alpha value is -0.820. The van der Waals surface area contributed by atoms with Gasteiger partial charge in [0, 0.05) is 6.54 Å². The molecule has 0 aromatic rings. The second kappa shape index (κ2) is 8.76. The summed E-state index contributed by atoms with van der Waals surface area (Å²) >= 11 is 0.